The van der Waals surface area contributed by atoms with Crippen molar-refractivity contribution in [2.75, 3.05) is 18.8 Å². The molecule has 11 heteroatoms. The minimum Gasteiger partial charge on any atom is -0.406 e. The Morgan fingerprint density at radius 1 is 1.33 bits per heavy atom. The van der Waals surface area contributed by atoms with Gasteiger partial charge in [-0.1, -0.05) is 6.07 Å². The topological polar surface area (TPSA) is 118 Å². The first-order valence-electron chi connectivity index (χ1n) is 8.37. The predicted octanol–water partition coefficient (Wildman–Crippen LogP) is 1.57. The van der Waals surface area contributed by atoms with Gasteiger partial charge in [-0.25, -0.2) is 0 Å². The van der Waals surface area contributed by atoms with Gasteiger partial charge in [0.2, 0.25) is 11.9 Å². The Balaban J connectivity index is 1.79. The lowest BCUT2D eigenvalue weighted by atomic mass is 9.97. The zero-order chi connectivity index (χ0) is 19.4. The first-order chi connectivity index (χ1) is 12.8. The number of amides is 1. The lowest BCUT2D eigenvalue weighted by Crippen LogP contribution is -2.37. The van der Waals surface area contributed by atoms with Crippen LogP contribution in [0.4, 0.5) is 19.1 Å². The monoisotopic (exact) mass is 384 g/mol. The Labute approximate surface area is 152 Å². The summed E-state index contributed by atoms with van der Waals surface area (Å²) in [6, 6.07) is 3.81. The summed E-state index contributed by atoms with van der Waals surface area (Å²) < 4.78 is 41.5. The van der Waals surface area contributed by atoms with Crippen LogP contribution >= 0.6 is 0 Å². The molecule has 0 unspecified atom stereocenters. The average Bonchev–Trinajstić information content (AvgIpc) is 3.06. The molecule has 8 nitrogen and oxygen atoms in total. The van der Waals surface area contributed by atoms with Crippen molar-refractivity contribution in [1.82, 2.24) is 25.8 Å². The van der Waals surface area contributed by atoms with E-state index in [-0.39, 0.29) is 30.1 Å². The number of ether oxygens (including phenoxy) is 1. The highest BCUT2D eigenvalue weighted by Gasteiger charge is 2.31. The van der Waals surface area contributed by atoms with Crippen LogP contribution in [0.3, 0.4) is 0 Å². The number of aromatic nitrogens is 3. The fraction of sp³-hybridized carbons (Fsp3) is 0.438. The summed E-state index contributed by atoms with van der Waals surface area (Å²) in [5.41, 5.74) is 6.36. The molecule has 3 rings (SSSR count). The van der Waals surface area contributed by atoms with E-state index < -0.39 is 12.1 Å². The molecule has 0 aliphatic carbocycles. The first kappa shape index (κ1) is 19.0. The number of rotatable bonds is 5. The average molecular weight is 384 g/mol. The molecule has 5 N–H and O–H groups in total. The van der Waals surface area contributed by atoms with Gasteiger partial charge < -0.3 is 21.1 Å². The number of aromatic amines is 1. The van der Waals surface area contributed by atoms with Crippen molar-refractivity contribution in [2.24, 2.45) is 5.92 Å². The SMILES string of the molecule is Nc1n[nH]c(-c2cc(OC(F)(F)F)ccc2CNC(=O)C2CCNCC2)n1. The molecule has 1 aromatic heterocycles. The Hall–Kier alpha value is -2.82. The summed E-state index contributed by atoms with van der Waals surface area (Å²) in [5, 5.41) is 12.3. The van der Waals surface area contributed by atoms with Gasteiger partial charge in [0.15, 0.2) is 5.82 Å². The highest BCUT2D eigenvalue weighted by atomic mass is 19.4. The molecule has 27 heavy (non-hydrogen) atoms. The minimum atomic E-state index is -4.82. The third-order valence-electron chi connectivity index (χ3n) is 4.24. The van der Waals surface area contributed by atoms with E-state index in [9.17, 15) is 18.0 Å². The maximum Gasteiger partial charge on any atom is 0.573 e. The van der Waals surface area contributed by atoms with E-state index in [4.69, 9.17) is 5.73 Å². The number of carbonyl (C=O) groups is 1. The second kappa shape index (κ2) is 7.82. The highest BCUT2D eigenvalue weighted by molar-refractivity contribution is 5.79. The third-order valence-corrected chi connectivity index (χ3v) is 4.24. The van der Waals surface area contributed by atoms with Crippen molar-refractivity contribution in [2.45, 2.75) is 25.7 Å². The Morgan fingerprint density at radius 2 is 2.07 bits per heavy atom. The molecule has 2 heterocycles. The molecule has 0 spiro atoms. The van der Waals surface area contributed by atoms with Gasteiger partial charge >= 0.3 is 6.36 Å². The van der Waals surface area contributed by atoms with Crippen molar-refractivity contribution in [1.29, 1.82) is 0 Å². The molecule has 0 atom stereocenters. The van der Waals surface area contributed by atoms with Gasteiger partial charge in [-0.2, -0.15) is 4.98 Å². The van der Waals surface area contributed by atoms with E-state index in [2.05, 4.69) is 30.6 Å². The molecule has 1 saturated heterocycles. The number of anilines is 1. The van der Waals surface area contributed by atoms with Gasteiger partial charge in [0.25, 0.3) is 0 Å². The number of alkyl halides is 3. The van der Waals surface area contributed by atoms with Gasteiger partial charge in [0, 0.05) is 18.0 Å². The number of nitrogens with zero attached hydrogens (tertiary/aromatic N) is 2. The number of nitrogen functional groups attached to an aromatic ring is 1. The van der Waals surface area contributed by atoms with Crippen LogP contribution in [0, 0.1) is 5.92 Å². The van der Waals surface area contributed by atoms with Crippen molar-refractivity contribution in [3.8, 4) is 17.1 Å². The van der Waals surface area contributed by atoms with Gasteiger partial charge in [-0.15, -0.1) is 18.3 Å². The Morgan fingerprint density at radius 3 is 2.70 bits per heavy atom. The smallest absolute Gasteiger partial charge is 0.406 e. The van der Waals surface area contributed by atoms with Gasteiger partial charge in [-0.3, -0.25) is 9.89 Å². The number of halogens is 3. The third kappa shape index (κ3) is 5.09. The van der Waals surface area contributed by atoms with E-state index in [0.717, 1.165) is 25.9 Å². The fourth-order valence-corrected chi connectivity index (χ4v) is 2.93. The molecule has 0 bridgehead atoms. The molecule has 2 aromatic rings. The molecule has 1 amide bonds. The second-order valence-electron chi connectivity index (χ2n) is 6.15. The number of hydrogen-bond acceptors (Lipinski definition) is 6. The molecule has 1 aliphatic rings. The summed E-state index contributed by atoms with van der Waals surface area (Å²) in [6.45, 7) is 1.69. The molecular weight excluding hydrogens is 365 g/mol. The number of nitrogens with two attached hydrogens (primary N) is 1. The van der Waals surface area contributed by atoms with Gasteiger partial charge in [0.1, 0.15) is 5.75 Å². The highest BCUT2D eigenvalue weighted by Crippen LogP contribution is 2.29. The zero-order valence-electron chi connectivity index (χ0n) is 14.3. The van der Waals surface area contributed by atoms with Crippen LogP contribution in [0.1, 0.15) is 18.4 Å². The lowest BCUT2D eigenvalue weighted by molar-refractivity contribution is -0.274. The molecule has 0 radical (unpaired) electrons. The van der Waals surface area contributed by atoms with Crippen LogP contribution in [-0.4, -0.2) is 40.5 Å². The second-order valence-corrected chi connectivity index (χ2v) is 6.15. The van der Waals surface area contributed by atoms with Crippen LogP contribution in [-0.2, 0) is 11.3 Å². The van der Waals surface area contributed by atoms with Crippen LogP contribution in [0.2, 0.25) is 0 Å². The fourth-order valence-electron chi connectivity index (χ4n) is 2.93. The summed E-state index contributed by atoms with van der Waals surface area (Å²) in [6.07, 6.45) is -3.33. The van der Waals surface area contributed by atoms with Crippen LogP contribution in [0.5, 0.6) is 5.75 Å². The minimum absolute atomic E-state index is 0.0446. The number of carbonyl (C=O) groups excluding carboxylic acids is 1. The molecule has 1 aliphatic heterocycles. The lowest BCUT2D eigenvalue weighted by Gasteiger charge is -2.22. The first-order valence-corrected chi connectivity index (χ1v) is 8.37. The van der Waals surface area contributed by atoms with E-state index in [1.54, 1.807) is 0 Å². The van der Waals surface area contributed by atoms with Gasteiger partial charge in [-0.05, 0) is 43.6 Å². The Bertz CT molecular complexity index is 802. The number of hydrogen-bond donors (Lipinski definition) is 4. The van der Waals surface area contributed by atoms with E-state index in [0.29, 0.717) is 11.1 Å². The normalized spacial score (nSPS) is 15.5. The molecule has 0 saturated carbocycles. The summed E-state index contributed by atoms with van der Waals surface area (Å²) in [4.78, 5) is 16.3. The molecule has 1 fully saturated rings. The molecular formula is C16H19F3N6O2. The van der Waals surface area contributed by atoms with Crippen molar-refractivity contribution < 1.29 is 22.7 Å². The van der Waals surface area contributed by atoms with Crippen LogP contribution < -0.4 is 21.1 Å². The zero-order valence-corrected chi connectivity index (χ0v) is 14.3. The summed E-state index contributed by atoms with van der Waals surface area (Å²) >= 11 is 0. The number of nitrogens with one attached hydrogen (secondary N) is 3. The molecule has 1 aromatic carbocycles. The predicted molar refractivity (Wildman–Crippen MR) is 90.4 cm³/mol. The number of benzene rings is 1. The largest absolute Gasteiger partial charge is 0.573 e. The van der Waals surface area contributed by atoms with E-state index >= 15 is 0 Å². The maximum atomic E-state index is 12.5. The van der Waals surface area contributed by atoms with Gasteiger partial charge in [0.05, 0.1) is 0 Å². The van der Waals surface area contributed by atoms with E-state index in [1.165, 1.54) is 18.2 Å². The van der Waals surface area contributed by atoms with Crippen molar-refractivity contribution in [3.63, 3.8) is 0 Å². The van der Waals surface area contributed by atoms with Crippen LogP contribution in [0.15, 0.2) is 18.2 Å². The van der Waals surface area contributed by atoms with E-state index in [1.807, 2.05) is 0 Å². The van der Waals surface area contributed by atoms with Crippen LogP contribution in [0.25, 0.3) is 11.4 Å². The summed E-state index contributed by atoms with van der Waals surface area (Å²) in [5.74, 6) is -0.428. The Kier molecular flexibility index (Phi) is 5.49. The quantitative estimate of drug-likeness (QED) is 0.622. The number of H-pyrrole nitrogens is 1. The standard InChI is InChI=1S/C16H19F3N6O2/c17-16(18,19)27-11-2-1-10(12(7-11)13-23-15(20)25-24-13)8-22-14(26)9-3-5-21-6-4-9/h1-2,7,9,21H,3-6,8H2,(H,22,26)(H3,20,23,24,25). The number of piperidine rings is 1. The molecule has 146 valence electrons. The van der Waals surface area contributed by atoms with Crippen molar-refractivity contribution >= 4 is 11.9 Å². The maximum absolute atomic E-state index is 12.5. The summed E-state index contributed by atoms with van der Waals surface area (Å²) in [7, 11) is 0. The van der Waals surface area contributed by atoms with Crippen molar-refractivity contribution in [3.05, 3.63) is 23.8 Å².